The highest BCUT2D eigenvalue weighted by molar-refractivity contribution is 14.1. The Morgan fingerprint density at radius 1 is 1.14 bits per heavy atom. The van der Waals surface area contributed by atoms with Gasteiger partial charge in [0.25, 0.3) is 11.8 Å². The zero-order valence-corrected chi connectivity index (χ0v) is 25.3. The van der Waals surface area contributed by atoms with E-state index >= 15 is 0 Å². The standard InChI is InChI=1S/C30H25F4IN6O3/c1-39-15-24(41(26(42)16-39)25-8-17(14-36)6-7-37-25)29(44)40(21-10-18(31)9-19(32)11-21)27(22-4-2-3-5-23(22)35)28(43)38-20-12-30(33,34)13-20/h2-11,20,24,27H,12-13,15-16H2,1H3,(H,38,43)/t24-,27-/m0/s1. The Bertz CT molecular complexity index is 1640. The number of carbonyl (C=O) groups excluding carboxylic acids is 3. The fraction of sp³-hybridized carbons (Fsp3) is 0.300. The predicted octanol–water partition coefficient (Wildman–Crippen LogP) is 4.17. The minimum absolute atomic E-state index is 0.00198. The molecule has 0 bridgehead atoms. The van der Waals surface area contributed by atoms with E-state index in [1.165, 1.54) is 18.3 Å². The fourth-order valence-electron chi connectivity index (χ4n) is 5.40. The van der Waals surface area contributed by atoms with Gasteiger partial charge in [-0.05, 0) is 65.5 Å². The smallest absolute Gasteiger partial charge is 0.252 e. The summed E-state index contributed by atoms with van der Waals surface area (Å²) in [5.41, 5.74) is 0.109. The first-order chi connectivity index (χ1) is 20.9. The number of benzene rings is 2. The van der Waals surface area contributed by atoms with Crippen LogP contribution < -0.4 is 15.1 Å². The van der Waals surface area contributed by atoms with Crippen molar-refractivity contribution in [2.45, 2.75) is 36.9 Å². The van der Waals surface area contributed by atoms with Crippen LogP contribution in [-0.4, -0.2) is 65.7 Å². The van der Waals surface area contributed by atoms with E-state index in [0.29, 0.717) is 9.64 Å². The van der Waals surface area contributed by atoms with Crippen LogP contribution in [0.5, 0.6) is 0 Å². The van der Waals surface area contributed by atoms with Crippen LogP contribution in [0.3, 0.4) is 0 Å². The molecule has 0 unspecified atom stereocenters. The third kappa shape index (κ3) is 6.53. The van der Waals surface area contributed by atoms with Crippen molar-refractivity contribution in [1.29, 1.82) is 5.26 Å². The lowest BCUT2D eigenvalue weighted by molar-refractivity contribution is -0.133. The van der Waals surface area contributed by atoms with Crippen LogP contribution in [0.15, 0.2) is 60.8 Å². The fourth-order valence-corrected chi connectivity index (χ4v) is 6.08. The summed E-state index contributed by atoms with van der Waals surface area (Å²) in [7, 11) is 1.60. The molecule has 9 nitrogen and oxygen atoms in total. The number of rotatable bonds is 7. The second kappa shape index (κ2) is 12.5. The first-order valence-electron chi connectivity index (χ1n) is 13.5. The monoisotopic (exact) mass is 720 g/mol. The molecular weight excluding hydrogens is 695 g/mol. The molecule has 1 aliphatic heterocycles. The third-order valence-corrected chi connectivity index (χ3v) is 8.36. The molecule has 228 valence electrons. The summed E-state index contributed by atoms with van der Waals surface area (Å²) in [4.78, 5) is 49.8. The molecule has 1 saturated heterocycles. The number of piperazine rings is 1. The third-order valence-electron chi connectivity index (χ3n) is 7.38. The summed E-state index contributed by atoms with van der Waals surface area (Å²) in [5.74, 6) is -7.30. The second-order valence-electron chi connectivity index (χ2n) is 10.7. The zero-order valence-electron chi connectivity index (χ0n) is 23.2. The van der Waals surface area contributed by atoms with E-state index < -0.39 is 66.2 Å². The molecule has 1 aromatic heterocycles. The quantitative estimate of drug-likeness (QED) is 0.290. The Morgan fingerprint density at radius 3 is 2.45 bits per heavy atom. The van der Waals surface area contributed by atoms with E-state index in [4.69, 9.17) is 0 Å². The summed E-state index contributed by atoms with van der Waals surface area (Å²) in [5, 5.41) is 12.0. The molecule has 2 fully saturated rings. The molecule has 2 aliphatic rings. The molecule has 1 N–H and O–H groups in total. The number of amides is 3. The van der Waals surface area contributed by atoms with Crippen LogP contribution in [0, 0.1) is 26.5 Å². The number of hydrogen-bond donors (Lipinski definition) is 1. The molecule has 1 saturated carbocycles. The second-order valence-corrected chi connectivity index (χ2v) is 11.9. The molecule has 0 radical (unpaired) electrons. The number of aromatic nitrogens is 1. The lowest BCUT2D eigenvalue weighted by atomic mass is 9.87. The highest BCUT2D eigenvalue weighted by atomic mass is 127. The van der Waals surface area contributed by atoms with Crippen molar-refractivity contribution in [3.63, 3.8) is 0 Å². The van der Waals surface area contributed by atoms with E-state index in [0.717, 1.165) is 21.9 Å². The van der Waals surface area contributed by atoms with Crippen molar-refractivity contribution < 1.29 is 31.9 Å². The molecule has 2 atom stereocenters. The summed E-state index contributed by atoms with van der Waals surface area (Å²) in [6, 6.07) is 9.73. The molecule has 0 spiro atoms. The summed E-state index contributed by atoms with van der Waals surface area (Å²) < 4.78 is 57.2. The van der Waals surface area contributed by atoms with Gasteiger partial charge < -0.3 is 5.32 Å². The Balaban J connectivity index is 1.66. The first kappa shape index (κ1) is 31.3. The summed E-state index contributed by atoms with van der Waals surface area (Å²) in [6.45, 7) is -0.167. The van der Waals surface area contributed by atoms with Crippen molar-refractivity contribution in [2.75, 3.05) is 29.9 Å². The van der Waals surface area contributed by atoms with Crippen LogP contribution in [0.2, 0.25) is 0 Å². The highest BCUT2D eigenvalue weighted by Gasteiger charge is 2.48. The number of nitrogens with one attached hydrogen (secondary N) is 1. The maximum atomic E-state index is 14.7. The minimum Gasteiger partial charge on any atom is -0.351 e. The molecule has 14 heteroatoms. The van der Waals surface area contributed by atoms with Gasteiger partial charge in [-0.1, -0.05) is 18.2 Å². The van der Waals surface area contributed by atoms with Gasteiger partial charge in [-0.15, -0.1) is 0 Å². The molecule has 1 aliphatic carbocycles. The van der Waals surface area contributed by atoms with Crippen LogP contribution in [0.4, 0.5) is 29.1 Å². The van der Waals surface area contributed by atoms with Crippen molar-refractivity contribution in [1.82, 2.24) is 15.2 Å². The number of likely N-dealkylation sites (N-methyl/N-ethyl adjacent to an activating group) is 1. The number of nitriles is 1. The lowest BCUT2D eigenvalue weighted by Gasteiger charge is -2.42. The first-order valence-corrected chi connectivity index (χ1v) is 14.5. The number of carbonyl (C=O) groups is 3. The van der Waals surface area contributed by atoms with Gasteiger partial charge in [0.05, 0.1) is 23.9 Å². The molecule has 2 heterocycles. The molecule has 5 rings (SSSR count). The van der Waals surface area contributed by atoms with Gasteiger partial charge in [0.1, 0.15) is 29.5 Å². The van der Waals surface area contributed by atoms with Gasteiger partial charge in [-0.25, -0.2) is 22.5 Å². The number of alkyl halides is 2. The van der Waals surface area contributed by atoms with Crippen molar-refractivity contribution in [3.8, 4) is 6.07 Å². The largest absolute Gasteiger partial charge is 0.351 e. The van der Waals surface area contributed by atoms with E-state index in [9.17, 15) is 37.2 Å². The van der Waals surface area contributed by atoms with Crippen molar-refractivity contribution >= 4 is 51.8 Å². The Hall–Kier alpha value is -4.10. The number of pyridine rings is 1. The Morgan fingerprint density at radius 2 is 1.82 bits per heavy atom. The van der Waals surface area contributed by atoms with Crippen molar-refractivity contribution in [2.24, 2.45) is 0 Å². The summed E-state index contributed by atoms with van der Waals surface area (Å²) >= 11 is 1.94. The lowest BCUT2D eigenvalue weighted by Crippen LogP contribution is -2.63. The van der Waals surface area contributed by atoms with E-state index in [1.54, 1.807) is 36.2 Å². The number of halogens is 5. The number of anilines is 2. The topological polar surface area (TPSA) is 110 Å². The van der Waals surface area contributed by atoms with Crippen LogP contribution >= 0.6 is 22.6 Å². The van der Waals surface area contributed by atoms with Gasteiger partial charge in [0.2, 0.25) is 11.8 Å². The Labute approximate surface area is 263 Å². The average Bonchev–Trinajstić information content (AvgIpc) is 2.94. The van der Waals surface area contributed by atoms with Gasteiger partial charge in [-0.2, -0.15) is 5.26 Å². The van der Waals surface area contributed by atoms with Gasteiger partial charge in [0.15, 0.2) is 0 Å². The van der Waals surface area contributed by atoms with E-state index in [1.807, 2.05) is 28.7 Å². The molecule has 44 heavy (non-hydrogen) atoms. The maximum Gasteiger partial charge on any atom is 0.252 e. The molecular formula is C30H25F4IN6O3. The summed E-state index contributed by atoms with van der Waals surface area (Å²) in [6.07, 6.45) is 0.102. The average molecular weight is 720 g/mol. The van der Waals surface area contributed by atoms with Crippen LogP contribution in [0.1, 0.15) is 30.0 Å². The van der Waals surface area contributed by atoms with Gasteiger partial charge >= 0.3 is 0 Å². The molecule has 3 amide bonds. The van der Waals surface area contributed by atoms with E-state index in [-0.39, 0.29) is 35.7 Å². The van der Waals surface area contributed by atoms with Gasteiger partial charge in [-0.3, -0.25) is 29.1 Å². The molecule has 2 aromatic carbocycles. The van der Waals surface area contributed by atoms with E-state index in [2.05, 4.69) is 10.3 Å². The number of nitrogens with zero attached hydrogens (tertiary/aromatic N) is 5. The normalized spacial score (nSPS) is 19.1. The highest BCUT2D eigenvalue weighted by Crippen LogP contribution is 2.39. The number of hydrogen-bond acceptors (Lipinski definition) is 6. The van der Waals surface area contributed by atoms with Crippen LogP contribution in [0.25, 0.3) is 0 Å². The SMILES string of the molecule is CN1CC(=O)N(c2cc(C#N)ccn2)[C@H](C(=O)N(c2cc(F)cc(F)c2)[C@H](C(=O)NC2CC(F)(F)C2)c2ccccc2I)C1. The Kier molecular flexibility index (Phi) is 8.89. The van der Waals surface area contributed by atoms with Crippen LogP contribution in [-0.2, 0) is 14.4 Å². The zero-order chi connectivity index (χ0) is 31.8. The van der Waals surface area contributed by atoms with Crippen molar-refractivity contribution in [3.05, 3.63) is 87.1 Å². The minimum atomic E-state index is -2.95. The molecule has 3 aromatic rings. The van der Waals surface area contributed by atoms with Gasteiger partial charge in [0, 0.05) is 41.3 Å². The predicted molar refractivity (Wildman–Crippen MR) is 160 cm³/mol. The maximum absolute atomic E-state index is 14.7.